The quantitative estimate of drug-likeness (QED) is 0.607. The van der Waals surface area contributed by atoms with E-state index in [1.807, 2.05) is 20.8 Å². The molecule has 7 heteroatoms. The molecule has 7 nitrogen and oxygen atoms in total. The summed E-state index contributed by atoms with van der Waals surface area (Å²) in [7, 11) is 0. The fourth-order valence-electron chi connectivity index (χ4n) is 2.40. The lowest BCUT2D eigenvalue weighted by Gasteiger charge is -2.25. The van der Waals surface area contributed by atoms with E-state index in [-0.39, 0.29) is 24.4 Å². The van der Waals surface area contributed by atoms with Crippen LogP contribution in [0.25, 0.3) is 0 Å². The first-order valence-corrected chi connectivity index (χ1v) is 7.25. The molecule has 21 heavy (non-hydrogen) atoms. The Hall–Kier alpha value is -1.79. The highest BCUT2D eigenvalue weighted by Gasteiger charge is 2.42. The van der Waals surface area contributed by atoms with Crippen molar-refractivity contribution in [2.45, 2.75) is 64.0 Å². The molecule has 0 aromatic heterocycles. The zero-order valence-corrected chi connectivity index (χ0v) is 12.9. The number of aliphatic carboxylic acids is 1. The van der Waals surface area contributed by atoms with E-state index in [1.165, 1.54) is 0 Å². The fourth-order valence-corrected chi connectivity index (χ4v) is 2.40. The molecule has 0 bridgehead atoms. The van der Waals surface area contributed by atoms with Crippen molar-refractivity contribution in [2.75, 3.05) is 6.54 Å². The van der Waals surface area contributed by atoms with Crippen LogP contribution in [0, 0.1) is 0 Å². The molecule has 1 rings (SSSR count). The van der Waals surface area contributed by atoms with Crippen molar-refractivity contribution in [3.63, 3.8) is 0 Å². The zero-order chi connectivity index (χ0) is 16.1. The van der Waals surface area contributed by atoms with Gasteiger partial charge >= 0.3 is 12.0 Å². The van der Waals surface area contributed by atoms with Gasteiger partial charge in [0.1, 0.15) is 5.54 Å². The third-order valence-corrected chi connectivity index (χ3v) is 3.37. The predicted molar refractivity (Wildman–Crippen MR) is 77.9 cm³/mol. The average molecular weight is 299 g/mol. The van der Waals surface area contributed by atoms with Crippen LogP contribution in [0.1, 0.15) is 52.9 Å². The largest absolute Gasteiger partial charge is 0.480 e. The monoisotopic (exact) mass is 299 g/mol. The Labute approximate surface area is 124 Å². The van der Waals surface area contributed by atoms with Crippen molar-refractivity contribution in [3.8, 4) is 0 Å². The number of hydrogen-bond donors (Lipinski definition) is 4. The molecule has 120 valence electrons. The molecule has 4 N–H and O–H groups in total. The molecule has 0 saturated heterocycles. The summed E-state index contributed by atoms with van der Waals surface area (Å²) < 4.78 is 0. The van der Waals surface area contributed by atoms with Gasteiger partial charge in [-0.1, -0.05) is 12.8 Å². The van der Waals surface area contributed by atoms with Crippen LogP contribution >= 0.6 is 0 Å². The van der Waals surface area contributed by atoms with E-state index in [9.17, 15) is 19.5 Å². The maximum Gasteiger partial charge on any atom is 0.329 e. The SMILES string of the molecule is CC(C)(C)NC(=O)CCNC(=O)NC1(C(=O)O)CCCC1. The average Bonchev–Trinajstić information content (AvgIpc) is 2.76. The molecule has 1 aliphatic rings. The minimum absolute atomic E-state index is 0.156. The Morgan fingerprint density at radius 3 is 2.19 bits per heavy atom. The molecular formula is C14H25N3O4. The van der Waals surface area contributed by atoms with Gasteiger partial charge in [0, 0.05) is 18.5 Å². The van der Waals surface area contributed by atoms with Gasteiger partial charge in [0.2, 0.25) is 5.91 Å². The van der Waals surface area contributed by atoms with Crippen LogP contribution in [0.4, 0.5) is 4.79 Å². The van der Waals surface area contributed by atoms with Crippen molar-refractivity contribution in [1.82, 2.24) is 16.0 Å². The van der Waals surface area contributed by atoms with Crippen molar-refractivity contribution in [2.24, 2.45) is 0 Å². The smallest absolute Gasteiger partial charge is 0.329 e. The molecule has 0 aromatic rings. The number of amides is 3. The van der Waals surface area contributed by atoms with Gasteiger partial charge in [-0.2, -0.15) is 0 Å². The highest BCUT2D eigenvalue weighted by atomic mass is 16.4. The lowest BCUT2D eigenvalue weighted by atomic mass is 9.98. The molecule has 1 aliphatic carbocycles. The molecule has 0 unspecified atom stereocenters. The molecule has 3 amide bonds. The van der Waals surface area contributed by atoms with E-state index in [0.717, 1.165) is 12.8 Å². The van der Waals surface area contributed by atoms with Crippen LogP contribution in [0.15, 0.2) is 0 Å². The number of carboxylic acids is 1. The van der Waals surface area contributed by atoms with Crippen molar-refractivity contribution in [1.29, 1.82) is 0 Å². The second-order valence-electron chi connectivity index (χ2n) is 6.52. The minimum atomic E-state index is -1.16. The standard InChI is InChI=1S/C14H25N3O4/c1-13(2,3)16-10(18)6-9-15-12(21)17-14(11(19)20)7-4-5-8-14/h4-9H2,1-3H3,(H,16,18)(H,19,20)(H2,15,17,21). The maximum absolute atomic E-state index is 11.8. The molecule has 1 saturated carbocycles. The summed E-state index contributed by atoms with van der Waals surface area (Å²) in [6, 6.07) is -0.539. The summed E-state index contributed by atoms with van der Waals surface area (Å²) in [6.07, 6.45) is 2.63. The van der Waals surface area contributed by atoms with E-state index in [1.54, 1.807) is 0 Å². The maximum atomic E-state index is 11.8. The Morgan fingerprint density at radius 2 is 1.71 bits per heavy atom. The number of carbonyl (C=O) groups is 3. The first kappa shape index (κ1) is 17.3. The minimum Gasteiger partial charge on any atom is -0.480 e. The van der Waals surface area contributed by atoms with Gasteiger partial charge in [-0.3, -0.25) is 4.79 Å². The normalized spacial score (nSPS) is 17.1. The number of rotatable bonds is 5. The molecule has 0 heterocycles. The van der Waals surface area contributed by atoms with Crippen LogP contribution in [-0.2, 0) is 9.59 Å². The van der Waals surface area contributed by atoms with E-state index in [4.69, 9.17) is 0 Å². The molecule has 0 spiro atoms. The predicted octanol–water partition coefficient (Wildman–Crippen LogP) is 0.988. The highest BCUT2D eigenvalue weighted by molar-refractivity contribution is 5.86. The number of hydrogen-bond acceptors (Lipinski definition) is 3. The summed E-state index contributed by atoms with van der Waals surface area (Å²) in [5.41, 5.74) is -1.46. The summed E-state index contributed by atoms with van der Waals surface area (Å²) in [4.78, 5) is 34.6. The molecule has 0 radical (unpaired) electrons. The van der Waals surface area contributed by atoms with Crippen LogP contribution in [0.2, 0.25) is 0 Å². The van der Waals surface area contributed by atoms with Gasteiger partial charge in [0.05, 0.1) is 0 Å². The summed E-state index contributed by atoms with van der Waals surface area (Å²) in [5, 5.41) is 17.1. The molecule has 0 aliphatic heterocycles. The summed E-state index contributed by atoms with van der Waals surface area (Å²) in [5.74, 6) is -1.16. The van der Waals surface area contributed by atoms with E-state index < -0.39 is 17.5 Å². The van der Waals surface area contributed by atoms with Gasteiger partial charge < -0.3 is 21.1 Å². The Morgan fingerprint density at radius 1 is 1.14 bits per heavy atom. The van der Waals surface area contributed by atoms with Gasteiger partial charge in [0.25, 0.3) is 0 Å². The zero-order valence-electron chi connectivity index (χ0n) is 12.9. The highest BCUT2D eigenvalue weighted by Crippen LogP contribution is 2.29. The molecular weight excluding hydrogens is 274 g/mol. The van der Waals surface area contributed by atoms with E-state index in [2.05, 4.69) is 16.0 Å². The van der Waals surface area contributed by atoms with Crippen LogP contribution in [0.3, 0.4) is 0 Å². The Bertz CT molecular complexity index is 409. The summed E-state index contributed by atoms with van der Waals surface area (Å²) in [6.45, 7) is 5.80. The lowest BCUT2D eigenvalue weighted by Crippen LogP contribution is -2.55. The molecule has 0 atom stereocenters. The fraction of sp³-hybridized carbons (Fsp3) is 0.786. The van der Waals surface area contributed by atoms with Gasteiger partial charge in [-0.25, -0.2) is 9.59 Å². The summed E-state index contributed by atoms with van der Waals surface area (Å²) >= 11 is 0. The number of carboxylic acid groups (broad SMARTS) is 1. The van der Waals surface area contributed by atoms with Gasteiger partial charge in [0.15, 0.2) is 0 Å². The topological polar surface area (TPSA) is 108 Å². The van der Waals surface area contributed by atoms with Crippen molar-refractivity contribution >= 4 is 17.9 Å². The lowest BCUT2D eigenvalue weighted by molar-refractivity contribution is -0.144. The van der Waals surface area contributed by atoms with Crippen molar-refractivity contribution in [3.05, 3.63) is 0 Å². The number of urea groups is 1. The third kappa shape index (κ3) is 5.61. The Kier molecular flexibility index (Phi) is 5.57. The van der Waals surface area contributed by atoms with Gasteiger partial charge in [-0.05, 0) is 33.6 Å². The number of carbonyl (C=O) groups excluding carboxylic acids is 2. The Balaban J connectivity index is 2.34. The second-order valence-corrected chi connectivity index (χ2v) is 6.52. The van der Waals surface area contributed by atoms with E-state index in [0.29, 0.717) is 12.8 Å². The van der Waals surface area contributed by atoms with Crippen LogP contribution in [0.5, 0.6) is 0 Å². The van der Waals surface area contributed by atoms with Crippen molar-refractivity contribution < 1.29 is 19.5 Å². The first-order chi connectivity index (χ1) is 9.65. The molecule has 0 aromatic carbocycles. The first-order valence-electron chi connectivity index (χ1n) is 7.25. The number of nitrogens with one attached hydrogen (secondary N) is 3. The van der Waals surface area contributed by atoms with Crippen LogP contribution < -0.4 is 16.0 Å². The van der Waals surface area contributed by atoms with Crippen LogP contribution in [-0.4, -0.2) is 40.6 Å². The molecule has 1 fully saturated rings. The third-order valence-electron chi connectivity index (χ3n) is 3.37. The second kappa shape index (κ2) is 6.78. The van der Waals surface area contributed by atoms with Gasteiger partial charge in [-0.15, -0.1) is 0 Å². The van der Waals surface area contributed by atoms with E-state index >= 15 is 0 Å².